The van der Waals surface area contributed by atoms with E-state index in [-0.39, 0.29) is 6.04 Å². The lowest BCUT2D eigenvalue weighted by Gasteiger charge is -2.16. The molecule has 0 aromatic heterocycles. The SMILES string of the molecule is CCCOc1cccc(C(N)CCC2CCCO2)c1. The highest BCUT2D eigenvalue weighted by Gasteiger charge is 2.17. The van der Waals surface area contributed by atoms with Crippen molar-refractivity contribution in [2.45, 2.75) is 51.2 Å². The van der Waals surface area contributed by atoms with Crippen molar-refractivity contribution < 1.29 is 9.47 Å². The second-order valence-electron chi connectivity index (χ2n) is 5.24. The Balaban J connectivity index is 1.84. The summed E-state index contributed by atoms with van der Waals surface area (Å²) in [6.45, 7) is 3.78. The third-order valence-electron chi connectivity index (χ3n) is 3.58. The number of benzene rings is 1. The lowest BCUT2D eigenvalue weighted by atomic mass is 10.00. The van der Waals surface area contributed by atoms with Gasteiger partial charge in [-0.1, -0.05) is 19.1 Å². The van der Waals surface area contributed by atoms with Gasteiger partial charge in [0.25, 0.3) is 0 Å². The number of hydrogen-bond donors (Lipinski definition) is 1. The van der Waals surface area contributed by atoms with E-state index in [4.69, 9.17) is 15.2 Å². The monoisotopic (exact) mass is 263 g/mol. The Morgan fingerprint density at radius 1 is 1.47 bits per heavy atom. The molecule has 0 saturated carbocycles. The molecule has 1 aliphatic rings. The van der Waals surface area contributed by atoms with Crippen LogP contribution >= 0.6 is 0 Å². The van der Waals surface area contributed by atoms with E-state index < -0.39 is 0 Å². The molecular weight excluding hydrogens is 238 g/mol. The Bertz CT molecular complexity index is 375. The van der Waals surface area contributed by atoms with Crippen molar-refractivity contribution >= 4 is 0 Å². The average Bonchev–Trinajstić information content (AvgIpc) is 2.96. The fourth-order valence-corrected chi connectivity index (χ4v) is 2.46. The predicted octanol–water partition coefficient (Wildman–Crippen LogP) is 3.43. The quantitative estimate of drug-likeness (QED) is 0.819. The first-order valence-electron chi connectivity index (χ1n) is 7.39. The van der Waals surface area contributed by atoms with Gasteiger partial charge in [0, 0.05) is 12.6 Å². The molecule has 19 heavy (non-hydrogen) atoms. The van der Waals surface area contributed by atoms with Crippen LogP contribution in [-0.2, 0) is 4.74 Å². The van der Waals surface area contributed by atoms with Gasteiger partial charge in [-0.15, -0.1) is 0 Å². The maximum Gasteiger partial charge on any atom is 0.119 e. The van der Waals surface area contributed by atoms with E-state index in [1.807, 2.05) is 12.1 Å². The van der Waals surface area contributed by atoms with Gasteiger partial charge >= 0.3 is 0 Å². The van der Waals surface area contributed by atoms with Gasteiger partial charge in [-0.05, 0) is 49.8 Å². The van der Waals surface area contributed by atoms with Crippen molar-refractivity contribution in [2.75, 3.05) is 13.2 Å². The van der Waals surface area contributed by atoms with Crippen LogP contribution in [0.4, 0.5) is 0 Å². The summed E-state index contributed by atoms with van der Waals surface area (Å²) in [5.41, 5.74) is 7.42. The van der Waals surface area contributed by atoms with E-state index in [1.165, 1.54) is 12.8 Å². The molecule has 0 aliphatic carbocycles. The second-order valence-corrected chi connectivity index (χ2v) is 5.24. The summed E-state index contributed by atoms with van der Waals surface area (Å²) >= 11 is 0. The molecule has 106 valence electrons. The summed E-state index contributed by atoms with van der Waals surface area (Å²) < 4.78 is 11.3. The van der Waals surface area contributed by atoms with Crippen LogP contribution in [0, 0.1) is 0 Å². The summed E-state index contributed by atoms with van der Waals surface area (Å²) in [6, 6.07) is 8.24. The maximum absolute atomic E-state index is 6.26. The van der Waals surface area contributed by atoms with E-state index in [2.05, 4.69) is 19.1 Å². The highest BCUT2D eigenvalue weighted by molar-refractivity contribution is 5.30. The minimum absolute atomic E-state index is 0.0781. The highest BCUT2D eigenvalue weighted by atomic mass is 16.5. The molecular formula is C16H25NO2. The van der Waals surface area contributed by atoms with Crippen LogP contribution in [0.5, 0.6) is 5.75 Å². The molecule has 2 atom stereocenters. The molecule has 1 aromatic rings. The summed E-state index contributed by atoms with van der Waals surface area (Å²) in [5.74, 6) is 0.923. The average molecular weight is 263 g/mol. The number of hydrogen-bond acceptors (Lipinski definition) is 3. The molecule has 2 unspecified atom stereocenters. The van der Waals surface area contributed by atoms with E-state index in [9.17, 15) is 0 Å². The third kappa shape index (κ3) is 4.51. The summed E-state index contributed by atoms with van der Waals surface area (Å²) in [5, 5.41) is 0. The fraction of sp³-hybridized carbons (Fsp3) is 0.625. The molecule has 1 aromatic carbocycles. The van der Waals surface area contributed by atoms with Gasteiger partial charge in [-0.25, -0.2) is 0 Å². The zero-order valence-corrected chi connectivity index (χ0v) is 11.8. The van der Waals surface area contributed by atoms with Crippen LogP contribution < -0.4 is 10.5 Å². The lowest BCUT2D eigenvalue weighted by Crippen LogP contribution is -2.14. The van der Waals surface area contributed by atoms with Crippen LogP contribution in [0.2, 0.25) is 0 Å². The van der Waals surface area contributed by atoms with Crippen LogP contribution in [0.1, 0.15) is 50.6 Å². The first kappa shape index (κ1) is 14.4. The molecule has 0 amide bonds. The van der Waals surface area contributed by atoms with Gasteiger partial charge in [-0.2, -0.15) is 0 Å². The van der Waals surface area contributed by atoms with Gasteiger partial charge in [0.15, 0.2) is 0 Å². The normalized spacial score (nSPS) is 20.4. The molecule has 2 N–H and O–H groups in total. The Kier molecular flexibility index (Phi) is 5.67. The molecule has 0 bridgehead atoms. The Morgan fingerprint density at radius 3 is 3.11 bits per heavy atom. The molecule has 3 heteroatoms. The third-order valence-corrected chi connectivity index (χ3v) is 3.58. The zero-order valence-electron chi connectivity index (χ0n) is 11.8. The molecule has 1 saturated heterocycles. The molecule has 3 nitrogen and oxygen atoms in total. The van der Waals surface area contributed by atoms with Crippen LogP contribution in [0.3, 0.4) is 0 Å². The number of nitrogens with two attached hydrogens (primary N) is 1. The largest absolute Gasteiger partial charge is 0.494 e. The minimum Gasteiger partial charge on any atom is -0.494 e. The summed E-state index contributed by atoms with van der Waals surface area (Å²) in [6.07, 6.45) is 5.86. The van der Waals surface area contributed by atoms with Gasteiger partial charge in [-0.3, -0.25) is 0 Å². The zero-order chi connectivity index (χ0) is 13.5. The highest BCUT2D eigenvalue weighted by Crippen LogP contribution is 2.24. The van der Waals surface area contributed by atoms with Gasteiger partial charge in [0.2, 0.25) is 0 Å². The van der Waals surface area contributed by atoms with E-state index in [1.54, 1.807) is 0 Å². The Morgan fingerprint density at radius 2 is 2.37 bits per heavy atom. The topological polar surface area (TPSA) is 44.5 Å². The van der Waals surface area contributed by atoms with Crippen LogP contribution in [-0.4, -0.2) is 19.3 Å². The molecule has 1 heterocycles. The van der Waals surface area contributed by atoms with E-state index in [0.717, 1.165) is 43.8 Å². The van der Waals surface area contributed by atoms with E-state index in [0.29, 0.717) is 6.10 Å². The smallest absolute Gasteiger partial charge is 0.119 e. The van der Waals surface area contributed by atoms with Crippen molar-refractivity contribution in [3.63, 3.8) is 0 Å². The number of ether oxygens (including phenoxy) is 2. The standard InChI is InChI=1S/C16H25NO2/c1-2-10-18-15-6-3-5-13(12-15)16(17)9-8-14-7-4-11-19-14/h3,5-6,12,14,16H,2,4,7-11,17H2,1H3. The first-order chi connectivity index (χ1) is 9.29. The first-order valence-corrected chi connectivity index (χ1v) is 7.39. The summed E-state index contributed by atoms with van der Waals surface area (Å²) in [4.78, 5) is 0. The van der Waals surface area contributed by atoms with Gasteiger partial charge in [0.1, 0.15) is 5.75 Å². The van der Waals surface area contributed by atoms with Gasteiger partial charge in [0.05, 0.1) is 12.7 Å². The van der Waals surface area contributed by atoms with Crippen LogP contribution in [0.25, 0.3) is 0 Å². The number of rotatable bonds is 7. The molecule has 1 aliphatic heterocycles. The lowest BCUT2D eigenvalue weighted by molar-refractivity contribution is 0.101. The van der Waals surface area contributed by atoms with Crippen LogP contribution in [0.15, 0.2) is 24.3 Å². The molecule has 2 rings (SSSR count). The second kappa shape index (κ2) is 7.51. The predicted molar refractivity (Wildman–Crippen MR) is 77.4 cm³/mol. The summed E-state index contributed by atoms with van der Waals surface area (Å²) in [7, 11) is 0. The maximum atomic E-state index is 6.26. The van der Waals surface area contributed by atoms with Crippen molar-refractivity contribution in [3.8, 4) is 5.75 Å². The Labute approximate surface area is 116 Å². The fourth-order valence-electron chi connectivity index (χ4n) is 2.46. The Hall–Kier alpha value is -1.06. The molecule has 0 radical (unpaired) electrons. The van der Waals surface area contributed by atoms with Crippen molar-refractivity contribution in [1.82, 2.24) is 0 Å². The molecule has 1 fully saturated rings. The van der Waals surface area contributed by atoms with Crippen molar-refractivity contribution in [3.05, 3.63) is 29.8 Å². The van der Waals surface area contributed by atoms with Crippen molar-refractivity contribution in [2.24, 2.45) is 5.73 Å². The van der Waals surface area contributed by atoms with Gasteiger partial charge < -0.3 is 15.2 Å². The minimum atomic E-state index is 0.0781. The molecule has 0 spiro atoms. The van der Waals surface area contributed by atoms with Crippen molar-refractivity contribution in [1.29, 1.82) is 0 Å². The van der Waals surface area contributed by atoms with E-state index >= 15 is 0 Å².